The first-order valence-corrected chi connectivity index (χ1v) is 7.26. The average Bonchev–Trinajstić information content (AvgIpc) is 2.98. The Bertz CT molecular complexity index is 454. The lowest BCUT2D eigenvalue weighted by Crippen LogP contribution is -2.37. The van der Waals surface area contributed by atoms with Gasteiger partial charge in [-0.05, 0) is 44.7 Å². The topological polar surface area (TPSA) is 80.0 Å². The quantitative estimate of drug-likeness (QED) is 0.790. The zero-order valence-electron chi connectivity index (χ0n) is 10.6. The van der Waals surface area contributed by atoms with E-state index in [0.717, 1.165) is 38.8 Å². The van der Waals surface area contributed by atoms with Gasteiger partial charge in [0, 0.05) is 11.1 Å². The molecule has 1 saturated heterocycles. The van der Waals surface area contributed by atoms with Gasteiger partial charge in [0.15, 0.2) is 5.13 Å². The highest BCUT2D eigenvalue weighted by Crippen LogP contribution is 2.35. The molecule has 106 valence electrons. The standard InChI is InChI=1S/C12H18N4OS.ClH/c13-12(3-4-12)10(17)16-11-15-7-9(18-11)8-1-5-14-6-2-8;/h7-8,14H,1-6,13H2,(H,15,16,17);1H. The SMILES string of the molecule is Cl.NC1(C(=O)Nc2ncc(C3CCNCC3)s2)CC1. The minimum absolute atomic E-state index is 0. The van der Waals surface area contributed by atoms with Crippen molar-refractivity contribution in [1.29, 1.82) is 0 Å². The van der Waals surface area contributed by atoms with E-state index in [1.807, 2.05) is 6.20 Å². The van der Waals surface area contributed by atoms with Crippen LogP contribution in [0.4, 0.5) is 5.13 Å². The van der Waals surface area contributed by atoms with E-state index in [1.54, 1.807) is 11.3 Å². The molecule has 7 heteroatoms. The van der Waals surface area contributed by atoms with Crippen LogP contribution >= 0.6 is 23.7 Å². The van der Waals surface area contributed by atoms with E-state index in [4.69, 9.17) is 5.73 Å². The van der Waals surface area contributed by atoms with Gasteiger partial charge in [-0.3, -0.25) is 4.79 Å². The Balaban J connectivity index is 0.00000133. The summed E-state index contributed by atoms with van der Waals surface area (Å²) in [5.41, 5.74) is 5.22. The molecule has 2 fully saturated rings. The van der Waals surface area contributed by atoms with Crippen molar-refractivity contribution in [3.8, 4) is 0 Å². The van der Waals surface area contributed by atoms with E-state index < -0.39 is 5.54 Å². The summed E-state index contributed by atoms with van der Waals surface area (Å²) in [6.07, 6.45) is 5.76. The fourth-order valence-electron chi connectivity index (χ4n) is 2.22. The number of aromatic nitrogens is 1. The summed E-state index contributed by atoms with van der Waals surface area (Å²) in [6, 6.07) is 0. The number of carbonyl (C=O) groups excluding carboxylic acids is 1. The third-order valence-electron chi connectivity index (χ3n) is 3.73. The number of carbonyl (C=O) groups is 1. The van der Waals surface area contributed by atoms with Crippen LogP contribution in [0.1, 0.15) is 36.5 Å². The van der Waals surface area contributed by atoms with Crippen LogP contribution in [0, 0.1) is 0 Å². The fraction of sp³-hybridized carbons (Fsp3) is 0.667. The van der Waals surface area contributed by atoms with E-state index in [1.165, 1.54) is 4.88 Å². The zero-order valence-corrected chi connectivity index (χ0v) is 12.3. The van der Waals surface area contributed by atoms with E-state index in [0.29, 0.717) is 11.0 Å². The number of thiazole rings is 1. The normalized spacial score (nSPS) is 21.5. The maximum Gasteiger partial charge on any atom is 0.246 e. The van der Waals surface area contributed by atoms with Crippen molar-refractivity contribution in [3.05, 3.63) is 11.1 Å². The zero-order chi connectivity index (χ0) is 12.6. The lowest BCUT2D eigenvalue weighted by Gasteiger charge is -2.20. The molecule has 0 bridgehead atoms. The number of nitrogens with two attached hydrogens (primary N) is 1. The number of piperidine rings is 1. The van der Waals surface area contributed by atoms with Crippen LogP contribution in [0.15, 0.2) is 6.20 Å². The molecular weight excluding hydrogens is 284 g/mol. The van der Waals surface area contributed by atoms with Crippen molar-refractivity contribution in [2.45, 2.75) is 37.1 Å². The van der Waals surface area contributed by atoms with Crippen LogP contribution in [-0.2, 0) is 4.79 Å². The molecular formula is C12H19ClN4OS. The molecule has 1 aliphatic heterocycles. The van der Waals surface area contributed by atoms with Gasteiger partial charge in [0.2, 0.25) is 5.91 Å². The summed E-state index contributed by atoms with van der Waals surface area (Å²) in [7, 11) is 0. The molecule has 19 heavy (non-hydrogen) atoms. The van der Waals surface area contributed by atoms with Gasteiger partial charge in [-0.15, -0.1) is 23.7 Å². The second-order valence-corrected chi connectivity index (χ2v) is 6.26. The Morgan fingerprint density at radius 2 is 2.16 bits per heavy atom. The molecule has 1 aromatic rings. The summed E-state index contributed by atoms with van der Waals surface area (Å²) < 4.78 is 0. The Kier molecular flexibility index (Phi) is 4.45. The summed E-state index contributed by atoms with van der Waals surface area (Å²) in [5.74, 6) is 0.496. The predicted molar refractivity (Wildman–Crippen MR) is 79.0 cm³/mol. The minimum atomic E-state index is -0.624. The number of rotatable bonds is 3. The molecule has 1 aliphatic carbocycles. The maximum absolute atomic E-state index is 11.8. The molecule has 0 atom stereocenters. The van der Waals surface area contributed by atoms with Crippen LogP contribution in [0.25, 0.3) is 0 Å². The van der Waals surface area contributed by atoms with Gasteiger partial charge in [0.1, 0.15) is 0 Å². The van der Waals surface area contributed by atoms with Crippen molar-refractivity contribution in [2.24, 2.45) is 5.73 Å². The summed E-state index contributed by atoms with van der Waals surface area (Å²) in [5, 5.41) is 6.87. The van der Waals surface area contributed by atoms with E-state index in [9.17, 15) is 4.79 Å². The largest absolute Gasteiger partial charge is 0.317 e. The Morgan fingerprint density at radius 1 is 1.47 bits per heavy atom. The Hall–Kier alpha value is -0.690. The monoisotopic (exact) mass is 302 g/mol. The second kappa shape index (κ2) is 5.75. The van der Waals surface area contributed by atoms with Crippen LogP contribution in [-0.4, -0.2) is 29.5 Å². The van der Waals surface area contributed by atoms with Gasteiger partial charge in [0.05, 0.1) is 5.54 Å². The van der Waals surface area contributed by atoms with Gasteiger partial charge in [0.25, 0.3) is 0 Å². The molecule has 1 aromatic heterocycles. The molecule has 2 aliphatic rings. The number of hydrogen-bond acceptors (Lipinski definition) is 5. The van der Waals surface area contributed by atoms with Crippen molar-refractivity contribution >= 4 is 34.8 Å². The van der Waals surface area contributed by atoms with Gasteiger partial charge in [-0.2, -0.15) is 0 Å². The molecule has 2 heterocycles. The summed E-state index contributed by atoms with van der Waals surface area (Å²) >= 11 is 1.59. The lowest BCUT2D eigenvalue weighted by atomic mass is 9.97. The van der Waals surface area contributed by atoms with E-state index in [2.05, 4.69) is 15.6 Å². The average molecular weight is 303 g/mol. The molecule has 5 nitrogen and oxygen atoms in total. The van der Waals surface area contributed by atoms with E-state index in [-0.39, 0.29) is 18.3 Å². The van der Waals surface area contributed by atoms with Crippen molar-refractivity contribution in [1.82, 2.24) is 10.3 Å². The smallest absolute Gasteiger partial charge is 0.246 e. The number of amides is 1. The first-order valence-electron chi connectivity index (χ1n) is 6.44. The summed E-state index contributed by atoms with van der Waals surface area (Å²) in [4.78, 5) is 17.4. The summed E-state index contributed by atoms with van der Waals surface area (Å²) in [6.45, 7) is 2.13. The Morgan fingerprint density at radius 3 is 2.79 bits per heavy atom. The van der Waals surface area contributed by atoms with Crippen LogP contribution in [0.5, 0.6) is 0 Å². The fourth-order valence-corrected chi connectivity index (χ4v) is 3.20. The number of anilines is 1. The van der Waals surface area contributed by atoms with Gasteiger partial charge in [-0.1, -0.05) is 0 Å². The van der Waals surface area contributed by atoms with Crippen molar-refractivity contribution < 1.29 is 4.79 Å². The molecule has 3 rings (SSSR count). The lowest BCUT2D eigenvalue weighted by molar-refractivity contribution is -0.118. The number of halogens is 1. The molecule has 1 amide bonds. The molecule has 4 N–H and O–H groups in total. The third kappa shape index (κ3) is 3.25. The van der Waals surface area contributed by atoms with E-state index >= 15 is 0 Å². The molecule has 0 aromatic carbocycles. The highest BCUT2D eigenvalue weighted by molar-refractivity contribution is 7.15. The molecule has 0 spiro atoms. The first kappa shape index (κ1) is 14.7. The number of nitrogens with zero attached hydrogens (tertiary/aromatic N) is 1. The van der Waals surface area contributed by atoms with Crippen LogP contribution in [0.2, 0.25) is 0 Å². The highest BCUT2D eigenvalue weighted by Gasteiger charge is 2.46. The predicted octanol–water partition coefficient (Wildman–Crippen LogP) is 1.46. The minimum Gasteiger partial charge on any atom is -0.317 e. The van der Waals surface area contributed by atoms with Crippen LogP contribution < -0.4 is 16.4 Å². The van der Waals surface area contributed by atoms with Crippen LogP contribution in [0.3, 0.4) is 0 Å². The van der Waals surface area contributed by atoms with Gasteiger partial charge in [-0.25, -0.2) is 4.98 Å². The second-order valence-electron chi connectivity index (χ2n) is 5.20. The van der Waals surface area contributed by atoms with Gasteiger partial charge >= 0.3 is 0 Å². The molecule has 0 unspecified atom stereocenters. The third-order valence-corrected chi connectivity index (χ3v) is 4.80. The maximum atomic E-state index is 11.8. The molecule has 0 radical (unpaired) electrons. The Labute approximate surface area is 122 Å². The van der Waals surface area contributed by atoms with Crippen molar-refractivity contribution in [3.63, 3.8) is 0 Å². The van der Waals surface area contributed by atoms with Gasteiger partial charge < -0.3 is 16.4 Å². The first-order chi connectivity index (χ1) is 8.67. The highest BCUT2D eigenvalue weighted by atomic mass is 35.5. The number of hydrogen-bond donors (Lipinski definition) is 3. The molecule has 1 saturated carbocycles. The number of nitrogens with one attached hydrogen (secondary N) is 2. The van der Waals surface area contributed by atoms with Crippen molar-refractivity contribution in [2.75, 3.05) is 18.4 Å².